The van der Waals surface area contributed by atoms with Gasteiger partial charge in [0, 0.05) is 18.9 Å². The van der Waals surface area contributed by atoms with Crippen LogP contribution in [0.5, 0.6) is 0 Å². The zero-order valence-corrected chi connectivity index (χ0v) is 14.1. The van der Waals surface area contributed by atoms with Crippen molar-refractivity contribution in [2.45, 2.75) is 38.8 Å². The van der Waals surface area contributed by atoms with E-state index in [-0.39, 0.29) is 18.4 Å². The van der Waals surface area contributed by atoms with Crippen LogP contribution < -0.4 is 0 Å². The fourth-order valence-electron chi connectivity index (χ4n) is 3.32. The molecule has 7 nitrogen and oxygen atoms in total. The van der Waals surface area contributed by atoms with Gasteiger partial charge in [0.25, 0.3) is 5.89 Å². The lowest BCUT2D eigenvalue weighted by Gasteiger charge is -2.24. The predicted octanol–water partition coefficient (Wildman–Crippen LogP) is 2.67. The second-order valence-electron chi connectivity index (χ2n) is 6.29. The first kappa shape index (κ1) is 15.7. The van der Waals surface area contributed by atoms with Crippen molar-refractivity contribution in [3.05, 3.63) is 48.3 Å². The van der Waals surface area contributed by atoms with E-state index in [9.17, 15) is 4.79 Å². The number of hydrogen-bond acceptors (Lipinski definition) is 5. The molecule has 0 aliphatic carbocycles. The maximum absolute atomic E-state index is 12.8. The van der Waals surface area contributed by atoms with E-state index in [1.807, 2.05) is 28.8 Å². The molecule has 1 atom stereocenters. The van der Waals surface area contributed by atoms with Crippen LogP contribution >= 0.6 is 0 Å². The van der Waals surface area contributed by atoms with Crippen LogP contribution in [0.25, 0.3) is 11.7 Å². The number of carbonyl (C=O) groups is 1. The molecule has 7 heteroatoms. The second kappa shape index (κ2) is 6.58. The summed E-state index contributed by atoms with van der Waals surface area (Å²) in [6, 6.07) is 5.65. The number of amides is 1. The number of furan rings is 1. The van der Waals surface area contributed by atoms with E-state index in [0.29, 0.717) is 23.1 Å². The van der Waals surface area contributed by atoms with Crippen molar-refractivity contribution in [1.82, 2.24) is 19.7 Å². The maximum atomic E-state index is 12.8. The van der Waals surface area contributed by atoms with Crippen molar-refractivity contribution in [3.8, 4) is 11.7 Å². The van der Waals surface area contributed by atoms with Gasteiger partial charge in [-0.15, -0.1) is 0 Å². The smallest absolute Gasteiger partial charge is 0.263 e. The first-order valence-electron chi connectivity index (χ1n) is 8.48. The van der Waals surface area contributed by atoms with E-state index in [2.05, 4.69) is 10.1 Å². The Hall–Kier alpha value is -2.83. The Morgan fingerprint density at radius 3 is 3.08 bits per heavy atom. The normalized spacial score (nSPS) is 17.3. The Morgan fingerprint density at radius 2 is 2.32 bits per heavy atom. The van der Waals surface area contributed by atoms with E-state index in [1.165, 1.54) is 0 Å². The van der Waals surface area contributed by atoms with E-state index < -0.39 is 0 Å². The summed E-state index contributed by atoms with van der Waals surface area (Å²) in [4.78, 5) is 19.2. The number of aromatic nitrogens is 3. The molecule has 0 spiro atoms. The molecule has 1 amide bonds. The van der Waals surface area contributed by atoms with Crippen molar-refractivity contribution >= 4 is 5.91 Å². The third kappa shape index (κ3) is 3.22. The highest BCUT2D eigenvalue weighted by Gasteiger charge is 2.30. The number of carbonyl (C=O) groups excluding carboxylic acids is 1. The molecule has 0 radical (unpaired) electrons. The average molecular weight is 340 g/mol. The molecule has 0 unspecified atom stereocenters. The number of nitrogens with zero attached hydrogens (tertiary/aromatic N) is 4. The minimum Gasteiger partial charge on any atom is -0.459 e. The van der Waals surface area contributed by atoms with E-state index >= 15 is 0 Å². The Morgan fingerprint density at radius 1 is 1.40 bits per heavy atom. The predicted molar refractivity (Wildman–Crippen MR) is 89.6 cm³/mol. The molecule has 1 fully saturated rings. The third-order valence-electron chi connectivity index (χ3n) is 4.60. The summed E-state index contributed by atoms with van der Waals surface area (Å²) in [5.74, 6) is 1.72. The van der Waals surface area contributed by atoms with E-state index in [4.69, 9.17) is 8.83 Å². The lowest BCUT2D eigenvalue weighted by atomic mass is 10.2. The largest absolute Gasteiger partial charge is 0.459 e. The average Bonchev–Trinajstić information content (AvgIpc) is 3.35. The van der Waals surface area contributed by atoms with Crippen LogP contribution in [-0.4, -0.2) is 38.2 Å². The molecule has 130 valence electrons. The summed E-state index contributed by atoms with van der Waals surface area (Å²) in [6.45, 7) is 3.34. The lowest BCUT2D eigenvalue weighted by molar-refractivity contribution is -0.131. The molecule has 1 saturated heterocycles. The SMILES string of the molecule is Cc1oc(-c2ccco2)nc1CC(=O)N1CCC[C@H]1Cn1cccn1. The summed E-state index contributed by atoms with van der Waals surface area (Å²) in [5.41, 5.74) is 0.668. The highest BCUT2D eigenvalue weighted by Crippen LogP contribution is 2.24. The molecule has 0 N–H and O–H groups in total. The molecule has 1 aliphatic rings. The molecular formula is C18H20N4O3. The van der Waals surface area contributed by atoms with Crippen molar-refractivity contribution in [1.29, 1.82) is 0 Å². The van der Waals surface area contributed by atoms with Gasteiger partial charge in [0.1, 0.15) is 5.76 Å². The fourth-order valence-corrected chi connectivity index (χ4v) is 3.32. The summed E-state index contributed by atoms with van der Waals surface area (Å²) >= 11 is 0. The van der Waals surface area contributed by atoms with Crippen LogP contribution in [0.15, 0.2) is 45.7 Å². The molecule has 4 heterocycles. The van der Waals surface area contributed by atoms with Crippen molar-refractivity contribution in [3.63, 3.8) is 0 Å². The molecule has 25 heavy (non-hydrogen) atoms. The molecule has 1 aliphatic heterocycles. The zero-order chi connectivity index (χ0) is 17.2. The van der Waals surface area contributed by atoms with Gasteiger partial charge in [-0.1, -0.05) is 0 Å². The first-order valence-corrected chi connectivity index (χ1v) is 8.48. The van der Waals surface area contributed by atoms with Crippen LogP contribution in [0.2, 0.25) is 0 Å². The molecule has 3 aromatic rings. The Kier molecular flexibility index (Phi) is 4.13. The number of aryl methyl sites for hydroxylation is 1. The quantitative estimate of drug-likeness (QED) is 0.713. The maximum Gasteiger partial charge on any atom is 0.263 e. The van der Waals surface area contributed by atoms with Gasteiger partial charge in [0.05, 0.1) is 31.0 Å². The lowest BCUT2D eigenvalue weighted by Crippen LogP contribution is -2.39. The molecule has 3 aromatic heterocycles. The van der Waals surface area contributed by atoms with Crippen LogP contribution in [0.3, 0.4) is 0 Å². The van der Waals surface area contributed by atoms with Crippen molar-refractivity contribution in [2.75, 3.05) is 6.54 Å². The minimum atomic E-state index is 0.0806. The summed E-state index contributed by atoms with van der Waals surface area (Å²) < 4.78 is 12.8. The number of oxazole rings is 1. The van der Waals surface area contributed by atoms with E-state index in [0.717, 1.165) is 25.9 Å². The number of rotatable bonds is 5. The van der Waals surface area contributed by atoms with Gasteiger partial charge in [-0.2, -0.15) is 5.10 Å². The van der Waals surface area contributed by atoms with Gasteiger partial charge in [-0.3, -0.25) is 9.48 Å². The summed E-state index contributed by atoms with van der Waals surface area (Å²) in [6.07, 6.45) is 7.53. The van der Waals surface area contributed by atoms with Crippen LogP contribution in [0.4, 0.5) is 0 Å². The molecule has 0 saturated carbocycles. The monoisotopic (exact) mass is 340 g/mol. The van der Waals surface area contributed by atoms with Gasteiger partial charge in [-0.25, -0.2) is 4.98 Å². The van der Waals surface area contributed by atoms with Crippen molar-refractivity contribution in [2.24, 2.45) is 0 Å². The third-order valence-corrected chi connectivity index (χ3v) is 4.60. The summed E-state index contributed by atoms with van der Waals surface area (Å²) in [5, 5.41) is 4.24. The fraction of sp³-hybridized carbons (Fsp3) is 0.389. The minimum absolute atomic E-state index is 0.0806. The Bertz CT molecular complexity index is 836. The molecule has 4 rings (SSSR count). The molecule has 0 aromatic carbocycles. The topological polar surface area (TPSA) is 77.3 Å². The van der Waals surface area contributed by atoms with Crippen molar-refractivity contribution < 1.29 is 13.6 Å². The molecular weight excluding hydrogens is 320 g/mol. The zero-order valence-electron chi connectivity index (χ0n) is 14.1. The molecule has 0 bridgehead atoms. The van der Waals surface area contributed by atoms with Gasteiger partial charge in [0.2, 0.25) is 5.91 Å². The van der Waals surface area contributed by atoms with Gasteiger partial charge in [-0.05, 0) is 38.0 Å². The summed E-state index contributed by atoms with van der Waals surface area (Å²) in [7, 11) is 0. The number of hydrogen-bond donors (Lipinski definition) is 0. The number of likely N-dealkylation sites (tertiary alicyclic amines) is 1. The van der Waals surface area contributed by atoms with Crippen LogP contribution in [-0.2, 0) is 17.8 Å². The van der Waals surface area contributed by atoms with Crippen LogP contribution in [0.1, 0.15) is 24.3 Å². The first-order chi connectivity index (χ1) is 12.2. The second-order valence-corrected chi connectivity index (χ2v) is 6.29. The Balaban J connectivity index is 1.46. The highest BCUT2D eigenvalue weighted by molar-refractivity contribution is 5.79. The van der Waals surface area contributed by atoms with Crippen LogP contribution in [0, 0.1) is 6.92 Å². The highest BCUT2D eigenvalue weighted by atomic mass is 16.4. The van der Waals surface area contributed by atoms with Gasteiger partial charge >= 0.3 is 0 Å². The van der Waals surface area contributed by atoms with E-state index in [1.54, 1.807) is 24.6 Å². The van der Waals surface area contributed by atoms with Gasteiger partial charge in [0.15, 0.2) is 5.76 Å². The standard InChI is InChI=1S/C18H20N4O3/c1-13-15(20-18(25-13)16-6-3-10-24-16)11-17(23)22-9-2-5-14(22)12-21-8-4-7-19-21/h3-4,6-8,10,14H,2,5,9,11-12H2,1H3/t14-/m0/s1. The van der Waals surface area contributed by atoms with Gasteiger partial charge < -0.3 is 13.7 Å². The Labute approximate surface area is 145 Å².